The van der Waals surface area contributed by atoms with E-state index in [1.54, 1.807) is 0 Å². The normalized spacial score (nSPS) is 17.4. The molecule has 1 fully saturated rings. The lowest BCUT2D eigenvalue weighted by atomic mass is 9.99. The number of nitrogens with zero attached hydrogens (tertiary/aromatic N) is 2. The molecule has 112 valence electrons. The monoisotopic (exact) mass is 283 g/mol. The average molecular weight is 283 g/mol. The van der Waals surface area contributed by atoms with Crippen molar-refractivity contribution in [1.29, 1.82) is 0 Å². The van der Waals surface area contributed by atoms with Gasteiger partial charge in [-0.1, -0.05) is 19.1 Å². The molecule has 0 spiro atoms. The number of hydrogen-bond donors (Lipinski definition) is 1. The van der Waals surface area contributed by atoms with E-state index in [1.165, 1.54) is 43.4 Å². The van der Waals surface area contributed by atoms with Gasteiger partial charge >= 0.3 is 0 Å². The van der Waals surface area contributed by atoms with Gasteiger partial charge in [0.15, 0.2) is 0 Å². The van der Waals surface area contributed by atoms with Crippen LogP contribution in [-0.4, -0.2) is 36.1 Å². The number of hydrogen-bond acceptors (Lipinski definition) is 3. The van der Waals surface area contributed by atoms with Gasteiger partial charge in [0.1, 0.15) is 0 Å². The Labute approximate surface area is 127 Å². The molecule has 0 saturated carbocycles. The smallest absolute Gasteiger partial charge is 0.0702 e. The van der Waals surface area contributed by atoms with Crippen molar-refractivity contribution in [3.8, 4) is 0 Å². The summed E-state index contributed by atoms with van der Waals surface area (Å²) < 4.78 is 0. The van der Waals surface area contributed by atoms with E-state index in [0.29, 0.717) is 0 Å². The molecule has 3 heteroatoms. The van der Waals surface area contributed by atoms with Gasteiger partial charge in [-0.25, -0.2) is 0 Å². The molecule has 1 aromatic heterocycles. The quantitative estimate of drug-likeness (QED) is 0.855. The first-order chi connectivity index (χ1) is 10.3. The number of nitrogens with one attached hydrogen (secondary N) is 1. The first-order valence-electron chi connectivity index (χ1n) is 8.08. The van der Waals surface area contributed by atoms with Crippen LogP contribution in [0.15, 0.2) is 36.5 Å². The molecule has 2 heterocycles. The standard InChI is InChI=1S/C18H25N3/c1-15-6-10-21(11-7-15)12-9-19-14-16-4-5-18-17(13-16)3-2-8-20-18/h2-5,8,13,15,19H,6-7,9-12,14H2,1H3. The van der Waals surface area contributed by atoms with Crippen LogP contribution in [0.2, 0.25) is 0 Å². The fraction of sp³-hybridized carbons (Fsp3) is 0.500. The first-order valence-corrected chi connectivity index (χ1v) is 8.08. The summed E-state index contributed by atoms with van der Waals surface area (Å²) in [7, 11) is 0. The van der Waals surface area contributed by atoms with Crippen LogP contribution in [0.5, 0.6) is 0 Å². The second-order valence-electron chi connectivity index (χ2n) is 6.23. The van der Waals surface area contributed by atoms with Crippen molar-refractivity contribution in [3.63, 3.8) is 0 Å². The lowest BCUT2D eigenvalue weighted by molar-refractivity contribution is 0.193. The molecule has 0 aliphatic carbocycles. The molecule has 0 amide bonds. The topological polar surface area (TPSA) is 28.2 Å². The van der Waals surface area contributed by atoms with Gasteiger partial charge in [0.2, 0.25) is 0 Å². The molecule has 0 bridgehead atoms. The maximum atomic E-state index is 4.36. The van der Waals surface area contributed by atoms with Crippen LogP contribution in [-0.2, 0) is 6.54 Å². The summed E-state index contributed by atoms with van der Waals surface area (Å²) in [6.45, 7) is 8.08. The van der Waals surface area contributed by atoms with Gasteiger partial charge in [0.05, 0.1) is 5.52 Å². The molecule has 2 aromatic rings. The van der Waals surface area contributed by atoms with Crippen LogP contribution in [0.1, 0.15) is 25.3 Å². The Kier molecular flexibility index (Phi) is 4.84. The predicted octanol–water partition coefficient (Wildman–Crippen LogP) is 3.06. The molecule has 0 unspecified atom stereocenters. The van der Waals surface area contributed by atoms with Crippen LogP contribution in [0, 0.1) is 5.92 Å². The number of likely N-dealkylation sites (tertiary alicyclic amines) is 1. The van der Waals surface area contributed by atoms with Gasteiger partial charge in [0, 0.05) is 31.2 Å². The van der Waals surface area contributed by atoms with E-state index in [0.717, 1.165) is 24.5 Å². The van der Waals surface area contributed by atoms with Gasteiger partial charge in [0.25, 0.3) is 0 Å². The van der Waals surface area contributed by atoms with Gasteiger partial charge in [-0.15, -0.1) is 0 Å². The maximum absolute atomic E-state index is 4.36. The molecule has 0 radical (unpaired) electrons. The van der Waals surface area contributed by atoms with Gasteiger partial charge in [-0.05, 0) is 55.6 Å². The summed E-state index contributed by atoms with van der Waals surface area (Å²) in [5.74, 6) is 0.917. The fourth-order valence-corrected chi connectivity index (χ4v) is 2.99. The van der Waals surface area contributed by atoms with Crippen LogP contribution in [0.4, 0.5) is 0 Å². The van der Waals surface area contributed by atoms with Crippen LogP contribution in [0.3, 0.4) is 0 Å². The van der Waals surface area contributed by atoms with Crippen molar-refractivity contribution >= 4 is 10.9 Å². The van der Waals surface area contributed by atoms with Gasteiger partial charge in [-0.2, -0.15) is 0 Å². The highest BCUT2D eigenvalue weighted by Crippen LogP contribution is 2.15. The van der Waals surface area contributed by atoms with E-state index in [-0.39, 0.29) is 0 Å². The molecule has 1 saturated heterocycles. The third-order valence-electron chi connectivity index (χ3n) is 4.48. The Morgan fingerprint density at radius 3 is 2.95 bits per heavy atom. The third kappa shape index (κ3) is 4.02. The Balaban J connectivity index is 1.44. The van der Waals surface area contributed by atoms with Gasteiger partial charge in [-0.3, -0.25) is 4.98 Å². The first kappa shape index (κ1) is 14.5. The van der Waals surface area contributed by atoms with Crippen molar-refractivity contribution in [2.45, 2.75) is 26.3 Å². The predicted molar refractivity (Wildman–Crippen MR) is 88.3 cm³/mol. The largest absolute Gasteiger partial charge is 0.311 e. The molecule has 3 nitrogen and oxygen atoms in total. The van der Waals surface area contributed by atoms with E-state index in [4.69, 9.17) is 0 Å². The van der Waals surface area contributed by atoms with E-state index in [2.05, 4.69) is 46.4 Å². The SMILES string of the molecule is CC1CCN(CCNCc2ccc3ncccc3c2)CC1. The van der Waals surface area contributed by atoms with Crippen LogP contribution < -0.4 is 5.32 Å². The van der Waals surface area contributed by atoms with Crippen molar-refractivity contribution < 1.29 is 0 Å². The van der Waals surface area contributed by atoms with E-state index in [1.807, 2.05) is 12.3 Å². The Hall–Kier alpha value is -1.45. The Morgan fingerprint density at radius 2 is 2.10 bits per heavy atom. The number of benzene rings is 1. The lowest BCUT2D eigenvalue weighted by Crippen LogP contribution is -2.37. The highest BCUT2D eigenvalue weighted by Gasteiger charge is 2.14. The van der Waals surface area contributed by atoms with E-state index in [9.17, 15) is 0 Å². The number of pyridine rings is 1. The maximum Gasteiger partial charge on any atom is 0.0702 e. The number of rotatable bonds is 5. The van der Waals surface area contributed by atoms with Crippen molar-refractivity contribution in [1.82, 2.24) is 15.2 Å². The third-order valence-corrected chi connectivity index (χ3v) is 4.48. The molecular weight excluding hydrogens is 258 g/mol. The minimum Gasteiger partial charge on any atom is -0.311 e. The minimum absolute atomic E-state index is 0.917. The second-order valence-corrected chi connectivity index (χ2v) is 6.23. The van der Waals surface area contributed by atoms with E-state index < -0.39 is 0 Å². The zero-order valence-electron chi connectivity index (χ0n) is 12.9. The molecule has 3 rings (SSSR count). The fourth-order valence-electron chi connectivity index (χ4n) is 2.99. The van der Waals surface area contributed by atoms with Crippen molar-refractivity contribution in [3.05, 3.63) is 42.1 Å². The Bertz CT molecular complexity index is 573. The average Bonchev–Trinajstić information content (AvgIpc) is 2.53. The minimum atomic E-state index is 0.917. The molecule has 21 heavy (non-hydrogen) atoms. The summed E-state index contributed by atoms with van der Waals surface area (Å²) in [6, 6.07) is 10.6. The number of fused-ring (bicyclic) bond motifs is 1. The lowest BCUT2D eigenvalue weighted by Gasteiger charge is -2.30. The zero-order chi connectivity index (χ0) is 14.5. The second kappa shape index (κ2) is 7.01. The molecule has 1 aliphatic rings. The van der Waals surface area contributed by atoms with Gasteiger partial charge < -0.3 is 10.2 Å². The zero-order valence-corrected chi connectivity index (χ0v) is 12.9. The molecular formula is C18H25N3. The molecule has 0 atom stereocenters. The highest BCUT2D eigenvalue weighted by molar-refractivity contribution is 5.78. The number of aromatic nitrogens is 1. The Morgan fingerprint density at radius 1 is 1.24 bits per heavy atom. The van der Waals surface area contributed by atoms with E-state index >= 15 is 0 Å². The highest BCUT2D eigenvalue weighted by atomic mass is 15.1. The summed E-state index contributed by atoms with van der Waals surface area (Å²) >= 11 is 0. The molecule has 1 N–H and O–H groups in total. The summed E-state index contributed by atoms with van der Waals surface area (Å²) in [6.07, 6.45) is 4.56. The molecule has 1 aromatic carbocycles. The summed E-state index contributed by atoms with van der Waals surface area (Å²) in [4.78, 5) is 6.94. The van der Waals surface area contributed by atoms with Crippen molar-refractivity contribution in [2.24, 2.45) is 5.92 Å². The van der Waals surface area contributed by atoms with Crippen LogP contribution >= 0.6 is 0 Å². The summed E-state index contributed by atoms with van der Waals surface area (Å²) in [5.41, 5.74) is 2.41. The van der Waals surface area contributed by atoms with Crippen molar-refractivity contribution in [2.75, 3.05) is 26.2 Å². The number of piperidine rings is 1. The van der Waals surface area contributed by atoms with Crippen LogP contribution in [0.25, 0.3) is 10.9 Å². The molecule has 1 aliphatic heterocycles. The summed E-state index contributed by atoms with van der Waals surface area (Å²) in [5, 5.41) is 4.79.